The van der Waals surface area contributed by atoms with E-state index in [1.54, 1.807) is 22.5 Å². The highest BCUT2D eigenvalue weighted by molar-refractivity contribution is 7.80. The molecule has 2 N–H and O–H groups in total. The van der Waals surface area contributed by atoms with Crippen LogP contribution < -0.4 is 16.3 Å². The highest BCUT2D eigenvalue weighted by Gasteiger charge is 2.13. The van der Waals surface area contributed by atoms with Crippen molar-refractivity contribution < 1.29 is 4.74 Å². The second-order valence-corrected chi connectivity index (χ2v) is 6.07. The van der Waals surface area contributed by atoms with E-state index < -0.39 is 0 Å². The molecule has 7 nitrogen and oxygen atoms in total. The van der Waals surface area contributed by atoms with Crippen LogP contribution in [0.25, 0.3) is 5.69 Å². The van der Waals surface area contributed by atoms with Gasteiger partial charge in [0.1, 0.15) is 0 Å². The lowest BCUT2D eigenvalue weighted by Crippen LogP contribution is -2.33. The van der Waals surface area contributed by atoms with Gasteiger partial charge in [0.15, 0.2) is 5.11 Å². The molecular formula is C18H25N5O2S. The van der Waals surface area contributed by atoms with Gasteiger partial charge in [0.25, 0.3) is 5.56 Å². The average molecular weight is 375 g/mol. The summed E-state index contributed by atoms with van der Waals surface area (Å²) in [6.45, 7) is 5.88. The molecule has 0 radical (unpaired) electrons. The lowest BCUT2D eigenvalue weighted by molar-refractivity contribution is 0.145. The van der Waals surface area contributed by atoms with Crippen molar-refractivity contribution in [2.75, 3.05) is 19.8 Å². The Morgan fingerprint density at radius 1 is 1.35 bits per heavy atom. The Morgan fingerprint density at radius 3 is 2.77 bits per heavy atom. The summed E-state index contributed by atoms with van der Waals surface area (Å²) in [7, 11) is 1.83. The largest absolute Gasteiger partial charge is 0.382 e. The zero-order valence-electron chi connectivity index (χ0n) is 15.4. The van der Waals surface area contributed by atoms with Crippen LogP contribution in [-0.2, 0) is 11.8 Å². The molecule has 0 fully saturated rings. The Kier molecular flexibility index (Phi) is 7.55. The highest BCUT2D eigenvalue weighted by atomic mass is 32.1. The van der Waals surface area contributed by atoms with Crippen molar-refractivity contribution in [2.45, 2.75) is 20.3 Å². The second-order valence-electron chi connectivity index (χ2n) is 5.66. The van der Waals surface area contributed by atoms with E-state index in [-0.39, 0.29) is 5.56 Å². The quantitative estimate of drug-likeness (QED) is 0.318. The average Bonchev–Trinajstić information content (AvgIpc) is 2.85. The number of rotatable bonds is 8. The molecule has 0 aliphatic carbocycles. The lowest BCUT2D eigenvalue weighted by Gasteiger charge is -2.08. The molecule has 26 heavy (non-hydrogen) atoms. The summed E-state index contributed by atoms with van der Waals surface area (Å²) in [4.78, 5) is 12.5. The smallest absolute Gasteiger partial charge is 0.274 e. The fourth-order valence-corrected chi connectivity index (χ4v) is 2.66. The Balaban J connectivity index is 2.01. The molecule has 140 valence electrons. The molecule has 1 aromatic heterocycles. The van der Waals surface area contributed by atoms with Crippen LogP contribution in [0.3, 0.4) is 0 Å². The topological polar surface area (TPSA) is 72.6 Å². The number of thiocarbonyl (C=S) groups is 1. The number of benzene rings is 1. The number of nitrogens with zero attached hydrogens (tertiary/aromatic N) is 3. The molecule has 1 aromatic carbocycles. The predicted octanol–water partition coefficient (Wildman–Crippen LogP) is 1.71. The van der Waals surface area contributed by atoms with Gasteiger partial charge in [0.05, 0.1) is 17.6 Å². The first-order chi connectivity index (χ1) is 12.6. The number of ether oxygens (including phenoxy) is 1. The molecule has 2 rings (SSSR count). The van der Waals surface area contributed by atoms with Crippen molar-refractivity contribution in [3.63, 3.8) is 0 Å². The summed E-state index contributed by atoms with van der Waals surface area (Å²) in [6.07, 6.45) is 2.47. The minimum atomic E-state index is -0.0724. The third kappa shape index (κ3) is 5.03. The van der Waals surface area contributed by atoms with Crippen LogP contribution in [0.5, 0.6) is 0 Å². The molecule has 0 bridgehead atoms. The Hall–Kier alpha value is -2.45. The molecule has 0 saturated carbocycles. The van der Waals surface area contributed by atoms with Crippen molar-refractivity contribution in [3.05, 3.63) is 51.9 Å². The van der Waals surface area contributed by atoms with Crippen LogP contribution in [0.4, 0.5) is 0 Å². The maximum absolute atomic E-state index is 12.5. The fraction of sp³-hybridized carbons (Fsp3) is 0.389. The molecule has 0 unspecified atom stereocenters. The summed E-state index contributed by atoms with van der Waals surface area (Å²) >= 11 is 5.17. The molecule has 1 heterocycles. The second kappa shape index (κ2) is 9.88. The Bertz CT molecular complexity index is 811. The van der Waals surface area contributed by atoms with Crippen molar-refractivity contribution in [1.82, 2.24) is 20.1 Å². The standard InChI is InChI=1S/C18H25N5O2S/c1-4-25-12-8-11-19-18(26)21-20-13-16-14(2)17(24)23(22(16)3)15-9-6-5-7-10-15/h5-7,9-10,13H,4,8,11-12H2,1-3H3,(H2,19,21,26)/b20-13-. The molecular weight excluding hydrogens is 350 g/mol. The maximum atomic E-state index is 12.5. The van der Waals surface area contributed by atoms with Crippen LogP contribution >= 0.6 is 12.2 Å². The molecule has 2 aromatic rings. The minimum absolute atomic E-state index is 0.0724. The molecule has 0 aliphatic rings. The molecule has 0 spiro atoms. The first-order valence-corrected chi connectivity index (χ1v) is 8.95. The van der Waals surface area contributed by atoms with Gasteiger partial charge in [-0.1, -0.05) is 18.2 Å². The molecule has 8 heteroatoms. The molecule has 0 aliphatic heterocycles. The van der Waals surface area contributed by atoms with E-state index >= 15 is 0 Å². The van der Waals surface area contributed by atoms with Gasteiger partial charge >= 0.3 is 0 Å². The fourth-order valence-electron chi connectivity index (χ4n) is 2.51. The Morgan fingerprint density at radius 2 is 2.08 bits per heavy atom. The van der Waals surface area contributed by atoms with Crippen molar-refractivity contribution in [2.24, 2.45) is 12.1 Å². The summed E-state index contributed by atoms with van der Waals surface area (Å²) in [5.74, 6) is 0. The third-order valence-electron chi connectivity index (χ3n) is 3.85. The van der Waals surface area contributed by atoms with Crippen molar-refractivity contribution in [3.8, 4) is 5.69 Å². The first kappa shape index (κ1) is 19.9. The maximum Gasteiger partial charge on any atom is 0.274 e. The minimum Gasteiger partial charge on any atom is -0.382 e. The van der Waals surface area contributed by atoms with Crippen molar-refractivity contribution >= 4 is 23.5 Å². The van der Waals surface area contributed by atoms with Gasteiger partial charge in [-0.3, -0.25) is 14.9 Å². The third-order valence-corrected chi connectivity index (χ3v) is 4.09. The monoisotopic (exact) mass is 375 g/mol. The Labute approximate surface area is 158 Å². The van der Waals surface area contributed by atoms with Crippen LogP contribution in [0.2, 0.25) is 0 Å². The van der Waals surface area contributed by atoms with E-state index in [2.05, 4.69) is 15.8 Å². The van der Waals surface area contributed by atoms with E-state index in [4.69, 9.17) is 17.0 Å². The van der Waals surface area contributed by atoms with Gasteiger partial charge in [-0.25, -0.2) is 4.68 Å². The van der Waals surface area contributed by atoms with E-state index in [1.165, 1.54) is 0 Å². The van der Waals surface area contributed by atoms with Crippen LogP contribution in [-0.4, -0.2) is 40.4 Å². The van der Waals surface area contributed by atoms with Crippen molar-refractivity contribution in [1.29, 1.82) is 0 Å². The number of para-hydroxylation sites is 1. The SMILES string of the molecule is CCOCCCNC(=S)N/N=C\c1c(C)c(=O)n(-c2ccccc2)n1C. The van der Waals surface area contributed by atoms with Gasteiger partial charge in [-0.15, -0.1) is 0 Å². The summed E-state index contributed by atoms with van der Waals surface area (Å²) < 4.78 is 8.65. The first-order valence-electron chi connectivity index (χ1n) is 8.55. The number of hydrazone groups is 1. The zero-order valence-corrected chi connectivity index (χ0v) is 16.2. The van der Waals surface area contributed by atoms with E-state index in [1.807, 2.05) is 44.3 Å². The number of hydrogen-bond donors (Lipinski definition) is 2. The molecule has 0 saturated heterocycles. The van der Waals surface area contributed by atoms with Crippen LogP contribution in [0.1, 0.15) is 24.6 Å². The normalized spacial score (nSPS) is 11.0. The summed E-state index contributed by atoms with van der Waals surface area (Å²) in [5.41, 5.74) is 4.84. The molecule has 0 amide bonds. The van der Waals surface area contributed by atoms with Gasteiger partial charge in [-0.05, 0) is 44.6 Å². The van der Waals surface area contributed by atoms with Gasteiger partial charge in [-0.2, -0.15) is 5.10 Å². The lowest BCUT2D eigenvalue weighted by atomic mass is 10.3. The van der Waals surface area contributed by atoms with E-state index in [0.717, 1.165) is 12.1 Å². The molecule has 0 atom stereocenters. The predicted molar refractivity (Wildman–Crippen MR) is 108 cm³/mol. The van der Waals surface area contributed by atoms with Crippen LogP contribution in [0, 0.1) is 6.92 Å². The summed E-state index contributed by atoms with van der Waals surface area (Å²) in [5, 5.41) is 7.63. The van der Waals surface area contributed by atoms with Crippen LogP contribution in [0.15, 0.2) is 40.2 Å². The van der Waals surface area contributed by atoms with E-state index in [9.17, 15) is 4.79 Å². The van der Waals surface area contributed by atoms with Gasteiger partial charge < -0.3 is 10.1 Å². The summed E-state index contributed by atoms with van der Waals surface area (Å²) in [6, 6.07) is 9.49. The number of nitrogens with one attached hydrogen (secondary N) is 2. The number of hydrogen-bond acceptors (Lipinski definition) is 4. The highest BCUT2D eigenvalue weighted by Crippen LogP contribution is 2.08. The van der Waals surface area contributed by atoms with Gasteiger partial charge in [0.2, 0.25) is 0 Å². The van der Waals surface area contributed by atoms with Gasteiger partial charge in [0, 0.05) is 32.4 Å². The number of aromatic nitrogens is 2. The van der Waals surface area contributed by atoms with E-state index in [0.29, 0.717) is 36.1 Å². The zero-order chi connectivity index (χ0) is 18.9.